The van der Waals surface area contributed by atoms with E-state index in [4.69, 9.17) is 4.74 Å². The van der Waals surface area contributed by atoms with Gasteiger partial charge < -0.3 is 9.84 Å². The number of rotatable bonds is 0. The molecule has 0 aliphatic carbocycles. The third kappa shape index (κ3) is 1.13. The van der Waals surface area contributed by atoms with Crippen molar-refractivity contribution in [1.29, 1.82) is 0 Å². The van der Waals surface area contributed by atoms with E-state index in [1.165, 1.54) is 0 Å². The number of aliphatic hydroxyl groups is 1. The Labute approximate surface area is 79.3 Å². The fourth-order valence-corrected chi connectivity index (χ4v) is 1.75. The van der Waals surface area contributed by atoms with Gasteiger partial charge in [-0.25, -0.2) is 0 Å². The smallest absolute Gasteiger partial charge is 0.126 e. The molecule has 0 spiro atoms. The Morgan fingerprint density at radius 3 is 3.00 bits per heavy atom. The second-order valence-corrected chi connectivity index (χ2v) is 3.87. The van der Waals surface area contributed by atoms with E-state index in [2.05, 4.69) is 15.9 Å². The summed E-state index contributed by atoms with van der Waals surface area (Å²) in [7, 11) is 0. The van der Waals surface area contributed by atoms with Gasteiger partial charge in [0, 0.05) is 10.0 Å². The Kier molecular flexibility index (Phi) is 1.85. The number of hydrogen-bond acceptors (Lipinski definition) is 2. The van der Waals surface area contributed by atoms with Gasteiger partial charge in [-0.1, -0.05) is 15.9 Å². The molecule has 0 saturated heterocycles. The topological polar surface area (TPSA) is 29.5 Å². The molecule has 64 valence electrons. The zero-order valence-corrected chi connectivity index (χ0v) is 8.21. The second-order valence-electron chi connectivity index (χ2n) is 2.95. The number of benzene rings is 1. The summed E-state index contributed by atoms with van der Waals surface area (Å²) in [5, 5.41) is 9.63. The van der Waals surface area contributed by atoms with E-state index in [1.807, 2.05) is 25.1 Å². The molecule has 1 heterocycles. The maximum Gasteiger partial charge on any atom is 0.126 e. The maximum atomic E-state index is 9.63. The molecule has 2 nitrogen and oxygen atoms in total. The van der Waals surface area contributed by atoms with E-state index in [9.17, 15) is 5.11 Å². The lowest BCUT2D eigenvalue weighted by atomic mass is 10.1. The summed E-state index contributed by atoms with van der Waals surface area (Å²) in [6.07, 6.45) is -0.619. The van der Waals surface area contributed by atoms with Crippen molar-refractivity contribution in [1.82, 2.24) is 0 Å². The van der Waals surface area contributed by atoms with E-state index in [-0.39, 0.29) is 6.10 Å². The predicted molar refractivity (Wildman–Crippen MR) is 49.2 cm³/mol. The predicted octanol–water partition coefficient (Wildman–Crippen LogP) is 2.26. The highest BCUT2D eigenvalue weighted by molar-refractivity contribution is 9.10. The lowest BCUT2D eigenvalue weighted by molar-refractivity contribution is 0.0796. The third-order valence-electron chi connectivity index (χ3n) is 2.05. The summed E-state index contributed by atoms with van der Waals surface area (Å²) in [5.41, 5.74) is 0.872. The molecule has 0 aromatic heterocycles. The highest BCUT2D eigenvalue weighted by Gasteiger charge is 2.28. The Balaban J connectivity index is 2.48. The van der Waals surface area contributed by atoms with Crippen LogP contribution in [0.3, 0.4) is 0 Å². The molecule has 0 saturated carbocycles. The van der Waals surface area contributed by atoms with Gasteiger partial charge in [-0.05, 0) is 25.1 Å². The maximum absolute atomic E-state index is 9.63. The summed E-state index contributed by atoms with van der Waals surface area (Å²) in [5.74, 6) is 0.790. The van der Waals surface area contributed by atoms with Crippen LogP contribution in [0, 0.1) is 0 Å². The standard InChI is InChI=1S/C9H9BrO2/c1-5-9(11)7-4-6(10)2-3-8(7)12-5/h2-5,9,11H,1H3. The summed E-state index contributed by atoms with van der Waals surface area (Å²) in [6.45, 7) is 1.86. The zero-order valence-electron chi connectivity index (χ0n) is 6.62. The molecule has 1 aliphatic rings. The molecule has 0 amide bonds. The molecule has 0 fully saturated rings. The third-order valence-corrected chi connectivity index (χ3v) is 2.54. The van der Waals surface area contributed by atoms with Gasteiger partial charge in [0.15, 0.2) is 0 Å². The van der Waals surface area contributed by atoms with Gasteiger partial charge in [-0.3, -0.25) is 0 Å². The van der Waals surface area contributed by atoms with Gasteiger partial charge in [0.1, 0.15) is 18.0 Å². The molecular weight excluding hydrogens is 220 g/mol. The van der Waals surface area contributed by atoms with Gasteiger partial charge in [-0.15, -0.1) is 0 Å². The minimum Gasteiger partial charge on any atom is -0.487 e. The van der Waals surface area contributed by atoms with Crippen molar-refractivity contribution < 1.29 is 9.84 Å². The van der Waals surface area contributed by atoms with Crippen molar-refractivity contribution in [2.45, 2.75) is 19.1 Å². The minimum atomic E-state index is -0.488. The average Bonchev–Trinajstić information content (AvgIpc) is 2.31. The summed E-state index contributed by atoms with van der Waals surface area (Å²) < 4.78 is 6.37. The van der Waals surface area contributed by atoms with Crippen LogP contribution in [0.25, 0.3) is 0 Å². The molecule has 1 aliphatic heterocycles. The van der Waals surface area contributed by atoms with Crippen molar-refractivity contribution in [3.05, 3.63) is 28.2 Å². The van der Waals surface area contributed by atoms with Crippen molar-refractivity contribution in [2.24, 2.45) is 0 Å². The van der Waals surface area contributed by atoms with E-state index >= 15 is 0 Å². The Bertz CT molecular complexity index is 311. The number of hydrogen-bond donors (Lipinski definition) is 1. The molecule has 0 radical (unpaired) electrons. The molecule has 1 N–H and O–H groups in total. The molecule has 2 unspecified atom stereocenters. The van der Waals surface area contributed by atoms with Crippen LogP contribution < -0.4 is 4.74 Å². The van der Waals surface area contributed by atoms with Crippen molar-refractivity contribution in [3.8, 4) is 5.75 Å². The first-order valence-corrected chi connectivity index (χ1v) is 4.62. The Morgan fingerprint density at radius 1 is 1.50 bits per heavy atom. The first-order valence-electron chi connectivity index (χ1n) is 3.82. The van der Waals surface area contributed by atoms with Crippen LogP contribution in [-0.4, -0.2) is 11.2 Å². The molecule has 0 bridgehead atoms. The molecule has 12 heavy (non-hydrogen) atoms. The highest BCUT2D eigenvalue weighted by Crippen LogP contribution is 2.37. The lowest BCUT2D eigenvalue weighted by Gasteiger charge is -2.06. The molecular formula is C9H9BrO2. The molecule has 2 rings (SSSR count). The van der Waals surface area contributed by atoms with E-state index < -0.39 is 6.10 Å². The van der Waals surface area contributed by atoms with Crippen LogP contribution in [0.1, 0.15) is 18.6 Å². The fourth-order valence-electron chi connectivity index (χ4n) is 1.38. The lowest BCUT2D eigenvalue weighted by Crippen LogP contribution is -2.12. The van der Waals surface area contributed by atoms with E-state index in [0.29, 0.717) is 0 Å². The number of fused-ring (bicyclic) bond motifs is 1. The first kappa shape index (κ1) is 8.08. The average molecular weight is 229 g/mol. The minimum absolute atomic E-state index is 0.130. The summed E-state index contributed by atoms with van der Waals surface area (Å²) >= 11 is 3.35. The van der Waals surface area contributed by atoms with Crippen LogP contribution in [0.5, 0.6) is 5.75 Å². The van der Waals surface area contributed by atoms with Crippen LogP contribution in [-0.2, 0) is 0 Å². The zero-order chi connectivity index (χ0) is 8.72. The second kappa shape index (κ2) is 2.75. The normalized spacial score (nSPS) is 26.6. The largest absolute Gasteiger partial charge is 0.487 e. The molecule has 1 aromatic rings. The van der Waals surface area contributed by atoms with Crippen LogP contribution >= 0.6 is 15.9 Å². The van der Waals surface area contributed by atoms with Crippen LogP contribution in [0.4, 0.5) is 0 Å². The van der Waals surface area contributed by atoms with Crippen molar-refractivity contribution in [2.75, 3.05) is 0 Å². The van der Waals surface area contributed by atoms with Gasteiger partial charge in [0.2, 0.25) is 0 Å². The van der Waals surface area contributed by atoms with Gasteiger partial charge >= 0.3 is 0 Å². The van der Waals surface area contributed by atoms with Crippen molar-refractivity contribution in [3.63, 3.8) is 0 Å². The summed E-state index contributed by atoms with van der Waals surface area (Å²) in [6, 6.07) is 5.67. The van der Waals surface area contributed by atoms with Gasteiger partial charge in [0.25, 0.3) is 0 Å². The Morgan fingerprint density at radius 2 is 2.25 bits per heavy atom. The van der Waals surface area contributed by atoms with Gasteiger partial charge in [-0.2, -0.15) is 0 Å². The fraction of sp³-hybridized carbons (Fsp3) is 0.333. The highest BCUT2D eigenvalue weighted by atomic mass is 79.9. The SMILES string of the molecule is CC1Oc2ccc(Br)cc2C1O. The number of ether oxygens (including phenoxy) is 1. The monoisotopic (exact) mass is 228 g/mol. The van der Waals surface area contributed by atoms with Crippen LogP contribution in [0.2, 0.25) is 0 Å². The quantitative estimate of drug-likeness (QED) is 0.739. The van der Waals surface area contributed by atoms with Gasteiger partial charge in [0.05, 0.1) is 0 Å². The van der Waals surface area contributed by atoms with Crippen LogP contribution in [0.15, 0.2) is 22.7 Å². The first-order chi connectivity index (χ1) is 5.68. The van der Waals surface area contributed by atoms with E-state index in [1.54, 1.807) is 0 Å². The molecule has 3 heteroatoms. The Hall–Kier alpha value is -0.540. The number of aliphatic hydroxyl groups excluding tert-OH is 1. The van der Waals surface area contributed by atoms with E-state index in [0.717, 1.165) is 15.8 Å². The van der Waals surface area contributed by atoms with Crippen molar-refractivity contribution >= 4 is 15.9 Å². The number of halogens is 1. The molecule has 1 aromatic carbocycles. The summed E-state index contributed by atoms with van der Waals surface area (Å²) in [4.78, 5) is 0. The molecule has 2 atom stereocenters.